The van der Waals surface area contributed by atoms with Gasteiger partial charge in [-0.1, -0.05) is 49.0 Å². The number of thioether (sulfide) groups is 1. The van der Waals surface area contributed by atoms with E-state index in [1.807, 2.05) is 46.7 Å². The van der Waals surface area contributed by atoms with Crippen LogP contribution in [0.5, 0.6) is 0 Å². The van der Waals surface area contributed by atoms with Crippen molar-refractivity contribution in [1.82, 2.24) is 24.6 Å². The molecule has 0 N–H and O–H groups in total. The van der Waals surface area contributed by atoms with Gasteiger partial charge in [0.2, 0.25) is 11.7 Å². The van der Waals surface area contributed by atoms with Crippen LogP contribution >= 0.6 is 11.8 Å². The van der Waals surface area contributed by atoms with E-state index in [4.69, 9.17) is 4.42 Å². The number of rotatable bonds is 7. The van der Waals surface area contributed by atoms with Gasteiger partial charge in [-0.3, -0.25) is 9.36 Å². The predicted molar refractivity (Wildman–Crippen MR) is 117 cm³/mol. The molecule has 1 atom stereocenters. The summed E-state index contributed by atoms with van der Waals surface area (Å²) in [5.41, 5.74) is 1.14. The Kier molecular flexibility index (Phi) is 6.54. The maximum absolute atomic E-state index is 13.0. The number of furan rings is 1. The van der Waals surface area contributed by atoms with E-state index in [0.29, 0.717) is 18.1 Å². The lowest BCUT2D eigenvalue weighted by Gasteiger charge is -2.35. The Hall–Kier alpha value is -2.58. The minimum absolute atomic E-state index is 0.157. The van der Waals surface area contributed by atoms with Crippen LogP contribution < -0.4 is 0 Å². The van der Waals surface area contributed by atoms with Crippen molar-refractivity contribution in [3.63, 3.8) is 0 Å². The van der Waals surface area contributed by atoms with Crippen LogP contribution in [0.25, 0.3) is 11.6 Å². The summed E-state index contributed by atoms with van der Waals surface area (Å²) in [6.07, 6.45) is 1.63. The van der Waals surface area contributed by atoms with Gasteiger partial charge in [-0.15, -0.1) is 10.2 Å². The second kappa shape index (κ2) is 9.49. The first-order valence-electron chi connectivity index (χ1n) is 10.3. The summed E-state index contributed by atoms with van der Waals surface area (Å²) in [6, 6.07) is 13.9. The molecule has 8 heteroatoms. The number of nitrogens with zero attached hydrogens (tertiary/aromatic N) is 5. The van der Waals surface area contributed by atoms with Gasteiger partial charge in [0.15, 0.2) is 10.9 Å². The van der Waals surface area contributed by atoms with Crippen LogP contribution in [0.3, 0.4) is 0 Å². The normalized spacial score (nSPS) is 16.0. The Labute approximate surface area is 181 Å². The maximum atomic E-state index is 13.0. The Morgan fingerprint density at radius 1 is 1.10 bits per heavy atom. The molecule has 1 amide bonds. The third kappa shape index (κ3) is 4.60. The number of carbonyl (C=O) groups excluding carboxylic acids is 1. The number of hydrogen-bond donors (Lipinski definition) is 0. The van der Waals surface area contributed by atoms with Crippen molar-refractivity contribution in [2.75, 3.05) is 32.7 Å². The molecule has 1 saturated heterocycles. The lowest BCUT2D eigenvalue weighted by Crippen LogP contribution is -2.50. The van der Waals surface area contributed by atoms with Gasteiger partial charge in [-0.2, -0.15) is 0 Å². The monoisotopic (exact) mass is 425 g/mol. The number of carbonyl (C=O) groups is 1. The molecule has 1 fully saturated rings. The van der Waals surface area contributed by atoms with Crippen molar-refractivity contribution in [1.29, 1.82) is 0 Å². The van der Waals surface area contributed by atoms with Crippen molar-refractivity contribution in [2.45, 2.75) is 30.8 Å². The molecule has 158 valence electrons. The molecule has 30 heavy (non-hydrogen) atoms. The quantitative estimate of drug-likeness (QED) is 0.542. The molecule has 1 unspecified atom stereocenters. The van der Waals surface area contributed by atoms with E-state index < -0.39 is 0 Å². The Morgan fingerprint density at radius 2 is 1.87 bits per heavy atom. The number of hydrogen-bond acceptors (Lipinski definition) is 6. The number of aromatic nitrogens is 3. The summed E-state index contributed by atoms with van der Waals surface area (Å²) in [4.78, 5) is 17.3. The highest BCUT2D eigenvalue weighted by Gasteiger charge is 2.27. The summed E-state index contributed by atoms with van der Waals surface area (Å²) in [5, 5.41) is 9.25. The topological polar surface area (TPSA) is 67.4 Å². The van der Waals surface area contributed by atoms with Crippen molar-refractivity contribution in [3.05, 3.63) is 54.3 Å². The van der Waals surface area contributed by atoms with Gasteiger partial charge in [0.1, 0.15) is 0 Å². The van der Waals surface area contributed by atoms with Gasteiger partial charge < -0.3 is 14.2 Å². The first-order chi connectivity index (χ1) is 14.7. The van der Waals surface area contributed by atoms with Crippen LogP contribution in [0, 0.1) is 0 Å². The fourth-order valence-electron chi connectivity index (χ4n) is 3.62. The molecule has 2 aromatic heterocycles. The number of piperazine rings is 1. The minimum Gasteiger partial charge on any atom is -0.461 e. The Bertz CT molecular complexity index is 949. The van der Waals surface area contributed by atoms with Crippen LogP contribution in [0.2, 0.25) is 0 Å². The van der Waals surface area contributed by atoms with Crippen LogP contribution in [0.15, 0.2) is 58.3 Å². The summed E-state index contributed by atoms with van der Waals surface area (Å²) >= 11 is 1.46. The van der Waals surface area contributed by atoms with Crippen LogP contribution in [-0.2, 0) is 11.3 Å². The first kappa shape index (κ1) is 20.7. The number of likely N-dealkylation sites (N-methyl/N-ethyl adjacent to an activating group) is 1. The van der Waals surface area contributed by atoms with Gasteiger partial charge in [0.05, 0.1) is 18.1 Å². The molecule has 1 aliphatic heterocycles. The molecular weight excluding hydrogens is 398 g/mol. The molecule has 0 spiro atoms. The summed E-state index contributed by atoms with van der Waals surface area (Å²) in [6.45, 7) is 9.20. The van der Waals surface area contributed by atoms with Crippen molar-refractivity contribution in [2.24, 2.45) is 0 Å². The SMILES string of the molecule is CCN1CCN(C(=O)C(C)Sc2nnc(-c3ccco3)n2Cc2ccccc2)CC1. The Balaban J connectivity index is 1.52. The zero-order valence-electron chi connectivity index (χ0n) is 17.4. The van der Waals surface area contributed by atoms with Gasteiger partial charge >= 0.3 is 0 Å². The number of amides is 1. The summed E-state index contributed by atoms with van der Waals surface area (Å²) in [5.74, 6) is 1.49. The molecule has 3 heterocycles. The first-order valence-corrected chi connectivity index (χ1v) is 11.2. The molecule has 0 bridgehead atoms. The van der Waals surface area contributed by atoms with E-state index >= 15 is 0 Å². The molecule has 3 aromatic rings. The number of benzene rings is 1. The van der Waals surface area contributed by atoms with Crippen LogP contribution in [0.4, 0.5) is 0 Å². The zero-order valence-corrected chi connectivity index (χ0v) is 18.2. The van der Waals surface area contributed by atoms with Gasteiger partial charge in [0.25, 0.3) is 0 Å². The van der Waals surface area contributed by atoms with E-state index in [0.717, 1.165) is 43.4 Å². The molecule has 4 rings (SSSR count). The summed E-state index contributed by atoms with van der Waals surface area (Å²) in [7, 11) is 0. The van der Waals surface area contributed by atoms with Crippen molar-refractivity contribution in [3.8, 4) is 11.6 Å². The predicted octanol–water partition coefficient (Wildman–Crippen LogP) is 3.23. The van der Waals surface area contributed by atoms with E-state index in [1.54, 1.807) is 6.26 Å². The van der Waals surface area contributed by atoms with Gasteiger partial charge in [-0.05, 0) is 31.2 Å². The van der Waals surface area contributed by atoms with Crippen LogP contribution in [-0.4, -0.2) is 68.4 Å². The average Bonchev–Trinajstić information content (AvgIpc) is 3.44. The third-order valence-corrected chi connectivity index (χ3v) is 6.47. The third-order valence-electron chi connectivity index (χ3n) is 5.40. The second-order valence-electron chi connectivity index (χ2n) is 7.37. The maximum Gasteiger partial charge on any atom is 0.235 e. The fourth-order valence-corrected chi connectivity index (χ4v) is 4.55. The van der Waals surface area contributed by atoms with Crippen molar-refractivity contribution >= 4 is 17.7 Å². The Morgan fingerprint density at radius 3 is 2.53 bits per heavy atom. The standard InChI is InChI=1S/C22H27N5O2S/c1-3-25-11-13-26(14-12-25)21(28)17(2)30-22-24-23-20(19-10-7-15-29-19)27(22)16-18-8-5-4-6-9-18/h4-10,15,17H,3,11-14,16H2,1-2H3. The minimum atomic E-state index is -0.235. The molecule has 7 nitrogen and oxygen atoms in total. The van der Waals surface area contributed by atoms with E-state index in [2.05, 4.69) is 34.2 Å². The lowest BCUT2D eigenvalue weighted by molar-refractivity contribution is -0.132. The zero-order chi connectivity index (χ0) is 20.9. The second-order valence-corrected chi connectivity index (χ2v) is 8.68. The summed E-state index contributed by atoms with van der Waals surface area (Å²) < 4.78 is 7.59. The molecular formula is C22H27N5O2S. The average molecular weight is 426 g/mol. The van der Waals surface area contributed by atoms with Crippen LogP contribution in [0.1, 0.15) is 19.4 Å². The fraction of sp³-hybridized carbons (Fsp3) is 0.409. The molecule has 0 radical (unpaired) electrons. The van der Waals surface area contributed by atoms with Gasteiger partial charge in [0, 0.05) is 26.2 Å². The van der Waals surface area contributed by atoms with Crippen molar-refractivity contribution < 1.29 is 9.21 Å². The highest BCUT2D eigenvalue weighted by Crippen LogP contribution is 2.29. The largest absolute Gasteiger partial charge is 0.461 e. The molecule has 0 saturated carbocycles. The lowest BCUT2D eigenvalue weighted by atomic mass is 10.2. The molecule has 1 aromatic carbocycles. The smallest absolute Gasteiger partial charge is 0.235 e. The van der Waals surface area contributed by atoms with E-state index in [-0.39, 0.29) is 11.2 Å². The van der Waals surface area contributed by atoms with E-state index in [9.17, 15) is 4.79 Å². The molecule has 0 aliphatic carbocycles. The molecule has 1 aliphatic rings. The highest BCUT2D eigenvalue weighted by atomic mass is 32.2. The highest BCUT2D eigenvalue weighted by molar-refractivity contribution is 8.00. The van der Waals surface area contributed by atoms with E-state index in [1.165, 1.54) is 11.8 Å². The van der Waals surface area contributed by atoms with Gasteiger partial charge in [-0.25, -0.2) is 0 Å².